The second-order valence-electron chi connectivity index (χ2n) is 10.4. The molecule has 0 fully saturated rings. The molecule has 2 heterocycles. The fraction of sp³-hybridized carbons (Fsp3) is 0.105. The number of esters is 2. The summed E-state index contributed by atoms with van der Waals surface area (Å²) in [5.41, 5.74) is 5.95. The molecule has 0 aliphatic rings. The zero-order valence-corrected chi connectivity index (χ0v) is 24.3. The van der Waals surface area contributed by atoms with Crippen LogP contribution in [0.4, 0.5) is 0 Å². The highest BCUT2D eigenvalue weighted by Gasteiger charge is 2.31. The zero-order valence-electron chi connectivity index (χ0n) is 24.3. The van der Waals surface area contributed by atoms with Gasteiger partial charge in [0.1, 0.15) is 0 Å². The van der Waals surface area contributed by atoms with E-state index < -0.39 is 11.9 Å². The Balaban J connectivity index is 1.85. The van der Waals surface area contributed by atoms with Gasteiger partial charge in [0.15, 0.2) is 0 Å². The van der Waals surface area contributed by atoms with Crippen molar-refractivity contribution in [2.45, 2.75) is 13.8 Å². The number of aromatic nitrogens is 2. The van der Waals surface area contributed by atoms with Gasteiger partial charge in [0.05, 0.1) is 46.4 Å². The maximum absolute atomic E-state index is 14.2. The molecule has 0 aliphatic carbocycles. The van der Waals surface area contributed by atoms with Gasteiger partial charge in [0.25, 0.3) is 0 Å². The van der Waals surface area contributed by atoms with Crippen molar-refractivity contribution < 1.29 is 19.1 Å². The Kier molecular flexibility index (Phi) is 6.95. The number of hydrogen-bond acceptors (Lipinski definition) is 6. The van der Waals surface area contributed by atoms with E-state index in [-0.39, 0.29) is 24.3 Å². The Morgan fingerprint density at radius 1 is 0.523 bits per heavy atom. The minimum atomic E-state index is -0.533. The maximum Gasteiger partial charge on any atom is 0.341 e. The van der Waals surface area contributed by atoms with Crippen LogP contribution in [0.3, 0.4) is 0 Å². The summed E-state index contributed by atoms with van der Waals surface area (Å²) in [5.74, 6) is -1.07. The normalized spacial score (nSPS) is 11.3. The maximum atomic E-state index is 14.2. The van der Waals surface area contributed by atoms with Gasteiger partial charge in [-0.3, -0.25) is 0 Å². The van der Waals surface area contributed by atoms with E-state index in [1.807, 2.05) is 109 Å². The summed E-state index contributed by atoms with van der Waals surface area (Å²) < 4.78 is 11.5. The Bertz CT molecular complexity index is 2070. The van der Waals surface area contributed by atoms with Crippen LogP contribution in [0.5, 0.6) is 0 Å². The van der Waals surface area contributed by atoms with Gasteiger partial charge < -0.3 is 9.47 Å². The molecule has 2 aromatic heterocycles. The molecule has 0 saturated carbocycles. The molecule has 0 spiro atoms. The van der Waals surface area contributed by atoms with Crippen LogP contribution < -0.4 is 0 Å². The largest absolute Gasteiger partial charge is 0.462 e. The van der Waals surface area contributed by atoms with Crippen LogP contribution in [0.25, 0.3) is 65.9 Å². The van der Waals surface area contributed by atoms with Crippen LogP contribution in [0.2, 0.25) is 0 Å². The number of carbonyl (C=O) groups excluding carboxylic acids is 2. The lowest BCUT2D eigenvalue weighted by Gasteiger charge is -2.21. The number of nitrogens with zero attached hydrogens (tertiary/aromatic N) is 2. The third-order valence-electron chi connectivity index (χ3n) is 7.84. The van der Waals surface area contributed by atoms with Crippen LogP contribution in [0.1, 0.15) is 34.6 Å². The minimum Gasteiger partial charge on any atom is -0.462 e. The molecule has 0 N–H and O–H groups in total. The van der Waals surface area contributed by atoms with E-state index in [4.69, 9.17) is 19.4 Å². The topological polar surface area (TPSA) is 78.4 Å². The van der Waals surface area contributed by atoms with Crippen LogP contribution in [-0.2, 0) is 9.47 Å². The molecule has 214 valence electrons. The quantitative estimate of drug-likeness (QED) is 0.145. The number of pyridine rings is 2. The van der Waals surface area contributed by atoms with Gasteiger partial charge in [-0.1, -0.05) is 97.1 Å². The van der Waals surface area contributed by atoms with E-state index in [0.717, 1.165) is 33.0 Å². The highest BCUT2D eigenvalue weighted by molar-refractivity contribution is 6.31. The van der Waals surface area contributed by atoms with Crippen molar-refractivity contribution >= 4 is 55.6 Å². The van der Waals surface area contributed by atoms with Gasteiger partial charge in [0, 0.05) is 32.7 Å². The molecular weight excluding hydrogens is 548 g/mol. The fourth-order valence-corrected chi connectivity index (χ4v) is 6.12. The Labute approximate surface area is 253 Å². The summed E-state index contributed by atoms with van der Waals surface area (Å²) in [6.45, 7) is 3.89. The van der Waals surface area contributed by atoms with Crippen LogP contribution in [0, 0.1) is 0 Å². The van der Waals surface area contributed by atoms with Gasteiger partial charge in [-0.2, -0.15) is 0 Å². The molecule has 44 heavy (non-hydrogen) atoms. The summed E-state index contributed by atoms with van der Waals surface area (Å²) >= 11 is 0. The molecule has 7 aromatic rings. The monoisotopic (exact) mass is 576 g/mol. The molecular formula is C38H28N2O4. The summed E-state index contributed by atoms with van der Waals surface area (Å²) in [4.78, 5) is 38.6. The summed E-state index contributed by atoms with van der Waals surface area (Å²) in [6, 6.07) is 35.2. The van der Waals surface area contributed by atoms with Crippen molar-refractivity contribution in [3.8, 4) is 22.3 Å². The molecule has 6 nitrogen and oxygen atoms in total. The van der Waals surface area contributed by atoms with Crippen LogP contribution in [0.15, 0.2) is 109 Å². The number of rotatable bonds is 6. The first kappa shape index (κ1) is 27.2. The van der Waals surface area contributed by atoms with Gasteiger partial charge >= 0.3 is 11.9 Å². The van der Waals surface area contributed by atoms with E-state index in [0.29, 0.717) is 32.8 Å². The second-order valence-corrected chi connectivity index (χ2v) is 10.4. The molecule has 0 unspecified atom stereocenters. The third-order valence-corrected chi connectivity index (χ3v) is 7.84. The highest BCUT2D eigenvalue weighted by Crippen LogP contribution is 2.45. The molecule has 0 aliphatic heterocycles. The van der Waals surface area contributed by atoms with Crippen molar-refractivity contribution in [1.29, 1.82) is 0 Å². The Hall–Kier alpha value is -5.62. The lowest BCUT2D eigenvalue weighted by atomic mass is 9.86. The highest BCUT2D eigenvalue weighted by atomic mass is 16.5. The Morgan fingerprint density at radius 2 is 0.886 bits per heavy atom. The standard InChI is InChI=1S/C38H28N2O4/c1-3-43-37(41)33-31-29(23-15-7-5-8-16-23)25-19-11-14-22-28(25)40-36(31)34(38(42)44-4-2)32-30(24-17-9-6-10-18-24)26-20-12-13-21-27(26)39-35(32)33/h5-22H,3-4H2,1-2H3. The van der Waals surface area contributed by atoms with Crippen molar-refractivity contribution in [3.63, 3.8) is 0 Å². The summed E-state index contributed by atoms with van der Waals surface area (Å²) in [7, 11) is 0. The molecule has 0 amide bonds. The van der Waals surface area contributed by atoms with Gasteiger partial charge in [-0.05, 0) is 37.1 Å². The zero-order chi connectivity index (χ0) is 30.2. The van der Waals surface area contributed by atoms with E-state index in [9.17, 15) is 9.59 Å². The first-order valence-corrected chi connectivity index (χ1v) is 14.7. The van der Waals surface area contributed by atoms with Crippen LogP contribution in [-0.4, -0.2) is 35.1 Å². The number of ether oxygens (including phenoxy) is 2. The predicted molar refractivity (Wildman–Crippen MR) is 175 cm³/mol. The van der Waals surface area contributed by atoms with Crippen molar-refractivity contribution in [3.05, 3.63) is 120 Å². The van der Waals surface area contributed by atoms with Gasteiger partial charge in [0.2, 0.25) is 0 Å². The molecule has 6 heteroatoms. The summed E-state index contributed by atoms with van der Waals surface area (Å²) in [5, 5.41) is 2.70. The summed E-state index contributed by atoms with van der Waals surface area (Å²) in [6.07, 6.45) is 0. The fourth-order valence-electron chi connectivity index (χ4n) is 6.12. The predicted octanol–water partition coefficient (Wildman–Crippen LogP) is 8.78. The smallest absolute Gasteiger partial charge is 0.341 e. The minimum absolute atomic E-state index is 0.169. The van der Waals surface area contributed by atoms with E-state index >= 15 is 0 Å². The average molecular weight is 577 g/mol. The molecule has 0 saturated heterocycles. The third kappa shape index (κ3) is 4.34. The number of fused-ring (bicyclic) bond motifs is 4. The molecule has 0 bridgehead atoms. The number of benzene rings is 5. The number of para-hydroxylation sites is 2. The Morgan fingerprint density at radius 3 is 1.27 bits per heavy atom. The number of carbonyl (C=O) groups is 2. The number of hydrogen-bond donors (Lipinski definition) is 0. The van der Waals surface area contributed by atoms with Crippen molar-refractivity contribution in [2.24, 2.45) is 0 Å². The molecule has 0 radical (unpaired) electrons. The van der Waals surface area contributed by atoms with Crippen LogP contribution >= 0.6 is 0 Å². The van der Waals surface area contributed by atoms with Gasteiger partial charge in [-0.15, -0.1) is 0 Å². The second kappa shape index (κ2) is 11.2. The SMILES string of the molecule is CCOC(=O)c1c2nc3ccccc3c(-c3ccccc3)c2c(C(=O)OCC)c2nc3ccccc3c(-c3ccccc3)c12. The average Bonchev–Trinajstić information content (AvgIpc) is 3.06. The van der Waals surface area contributed by atoms with Crippen molar-refractivity contribution in [2.75, 3.05) is 13.2 Å². The molecule has 0 atom stereocenters. The van der Waals surface area contributed by atoms with Crippen molar-refractivity contribution in [1.82, 2.24) is 9.97 Å². The molecule has 5 aromatic carbocycles. The lowest BCUT2D eigenvalue weighted by Crippen LogP contribution is -2.14. The first-order valence-electron chi connectivity index (χ1n) is 14.7. The van der Waals surface area contributed by atoms with E-state index in [1.165, 1.54) is 0 Å². The van der Waals surface area contributed by atoms with Gasteiger partial charge in [-0.25, -0.2) is 19.6 Å². The lowest BCUT2D eigenvalue weighted by molar-refractivity contribution is 0.0517. The van der Waals surface area contributed by atoms with E-state index in [1.54, 1.807) is 13.8 Å². The molecule has 7 rings (SSSR count). The van der Waals surface area contributed by atoms with E-state index in [2.05, 4.69) is 0 Å². The first-order chi connectivity index (χ1) is 21.6.